The van der Waals surface area contributed by atoms with E-state index in [2.05, 4.69) is 11.4 Å². The molecule has 0 radical (unpaired) electrons. The molecule has 1 atom stereocenters. The second-order valence-corrected chi connectivity index (χ2v) is 7.40. The Hall–Kier alpha value is -2.34. The van der Waals surface area contributed by atoms with Crippen molar-refractivity contribution in [3.8, 4) is 5.75 Å². The number of benzene rings is 1. The van der Waals surface area contributed by atoms with Crippen LogP contribution in [0.15, 0.2) is 29.6 Å². The molecule has 6 heteroatoms. The first-order chi connectivity index (χ1) is 12.0. The number of aryl methyl sites for hydroxylation is 2. The van der Waals surface area contributed by atoms with Gasteiger partial charge in [0.1, 0.15) is 5.75 Å². The quantitative estimate of drug-likeness (QED) is 0.790. The molecule has 2 N–H and O–H groups in total. The summed E-state index contributed by atoms with van der Waals surface area (Å²) < 4.78 is 5.32. The van der Waals surface area contributed by atoms with Gasteiger partial charge >= 0.3 is 5.97 Å². The van der Waals surface area contributed by atoms with Gasteiger partial charge in [0.25, 0.3) is 5.91 Å². The van der Waals surface area contributed by atoms with E-state index in [0.717, 1.165) is 24.0 Å². The molecule has 5 nitrogen and oxygen atoms in total. The van der Waals surface area contributed by atoms with Crippen LogP contribution in [-0.4, -0.2) is 23.6 Å². The maximum absolute atomic E-state index is 12.7. The molecule has 132 valence electrons. The molecule has 2 aromatic rings. The molecule has 1 unspecified atom stereocenters. The molecule has 1 heterocycles. The van der Waals surface area contributed by atoms with E-state index in [1.165, 1.54) is 4.88 Å². The Morgan fingerprint density at radius 2 is 2.00 bits per heavy atom. The molecule has 0 aliphatic heterocycles. The molecule has 0 spiro atoms. The minimum atomic E-state index is -1.02. The van der Waals surface area contributed by atoms with E-state index in [4.69, 9.17) is 9.84 Å². The number of aliphatic carboxylic acids is 1. The third-order valence-corrected chi connectivity index (χ3v) is 5.25. The molecule has 3 rings (SSSR count). The summed E-state index contributed by atoms with van der Waals surface area (Å²) in [5, 5.41) is 13.9. The first kappa shape index (κ1) is 17.5. The van der Waals surface area contributed by atoms with Crippen LogP contribution < -0.4 is 10.1 Å². The summed E-state index contributed by atoms with van der Waals surface area (Å²) in [4.78, 5) is 24.6. The number of ether oxygens (including phenoxy) is 1. The Balaban J connectivity index is 1.76. The molecule has 0 bridgehead atoms. The van der Waals surface area contributed by atoms with Crippen LogP contribution in [0.1, 0.15) is 45.2 Å². The number of thiophene rings is 1. The second kappa shape index (κ2) is 7.27. The Kier molecular flexibility index (Phi) is 5.08. The summed E-state index contributed by atoms with van der Waals surface area (Å²) in [6, 6.07) is 7.63. The zero-order valence-corrected chi connectivity index (χ0v) is 15.1. The van der Waals surface area contributed by atoms with Crippen LogP contribution in [0.3, 0.4) is 0 Å². The number of carbonyl (C=O) groups excluding carboxylic acids is 1. The Bertz CT molecular complexity index is 758. The summed E-state index contributed by atoms with van der Waals surface area (Å²) in [6.07, 6.45) is 2.28. The molecule has 0 saturated heterocycles. The van der Waals surface area contributed by atoms with E-state index in [1.54, 1.807) is 23.5 Å². The summed E-state index contributed by atoms with van der Waals surface area (Å²) in [6.45, 7) is 3.24. The molecule has 1 aromatic heterocycles. The van der Waals surface area contributed by atoms with Crippen LogP contribution in [0, 0.1) is 19.8 Å². The minimum Gasteiger partial charge on any atom is -0.481 e. The fourth-order valence-corrected chi connectivity index (χ4v) is 3.86. The van der Waals surface area contributed by atoms with Crippen LogP contribution in [0.4, 0.5) is 0 Å². The third kappa shape index (κ3) is 4.20. The van der Waals surface area contributed by atoms with Gasteiger partial charge < -0.3 is 15.2 Å². The van der Waals surface area contributed by atoms with Crippen molar-refractivity contribution in [2.75, 3.05) is 6.61 Å². The van der Waals surface area contributed by atoms with Crippen LogP contribution in [-0.2, 0) is 4.79 Å². The lowest BCUT2D eigenvalue weighted by Crippen LogP contribution is -2.29. The van der Waals surface area contributed by atoms with E-state index >= 15 is 0 Å². The number of amides is 1. The predicted molar refractivity (Wildman–Crippen MR) is 96.3 cm³/mol. The van der Waals surface area contributed by atoms with Gasteiger partial charge in [-0.3, -0.25) is 4.79 Å². The molecule has 1 aromatic carbocycles. The summed E-state index contributed by atoms with van der Waals surface area (Å²) in [5.41, 5.74) is 2.08. The molecule has 1 aliphatic rings. The molecule has 1 aliphatic carbocycles. The Morgan fingerprint density at radius 1 is 1.32 bits per heavy atom. The van der Waals surface area contributed by atoms with Crippen molar-refractivity contribution in [1.82, 2.24) is 5.32 Å². The number of carbonyl (C=O) groups is 2. The van der Waals surface area contributed by atoms with Gasteiger partial charge in [0, 0.05) is 10.4 Å². The van der Waals surface area contributed by atoms with Gasteiger partial charge in [0.05, 0.1) is 6.04 Å². The van der Waals surface area contributed by atoms with Gasteiger partial charge in [-0.2, -0.15) is 0 Å². The minimum absolute atomic E-state index is 0.0658. The van der Waals surface area contributed by atoms with E-state index < -0.39 is 12.6 Å². The maximum atomic E-state index is 12.7. The van der Waals surface area contributed by atoms with Crippen molar-refractivity contribution in [3.05, 3.63) is 51.2 Å². The molecule has 25 heavy (non-hydrogen) atoms. The smallest absolute Gasteiger partial charge is 0.341 e. The first-order valence-corrected chi connectivity index (χ1v) is 9.13. The van der Waals surface area contributed by atoms with E-state index in [1.807, 2.05) is 25.3 Å². The van der Waals surface area contributed by atoms with Gasteiger partial charge in [0.15, 0.2) is 6.61 Å². The van der Waals surface area contributed by atoms with Crippen molar-refractivity contribution in [2.45, 2.75) is 32.7 Å². The van der Waals surface area contributed by atoms with Gasteiger partial charge in [-0.05, 0) is 67.3 Å². The number of carboxylic acid groups (broad SMARTS) is 1. The van der Waals surface area contributed by atoms with Crippen molar-refractivity contribution in [1.29, 1.82) is 0 Å². The van der Waals surface area contributed by atoms with Crippen molar-refractivity contribution in [3.63, 3.8) is 0 Å². The van der Waals surface area contributed by atoms with E-state index in [9.17, 15) is 9.59 Å². The molecule has 1 saturated carbocycles. The van der Waals surface area contributed by atoms with Gasteiger partial charge in [0.2, 0.25) is 0 Å². The van der Waals surface area contributed by atoms with Crippen LogP contribution in [0.25, 0.3) is 0 Å². The van der Waals surface area contributed by atoms with Gasteiger partial charge in [-0.1, -0.05) is 6.07 Å². The highest BCUT2D eigenvalue weighted by Gasteiger charge is 2.34. The topological polar surface area (TPSA) is 75.6 Å². The average molecular weight is 359 g/mol. The average Bonchev–Trinajstić information content (AvgIpc) is 3.25. The van der Waals surface area contributed by atoms with Crippen molar-refractivity contribution >= 4 is 23.2 Å². The van der Waals surface area contributed by atoms with Crippen LogP contribution >= 0.6 is 11.3 Å². The zero-order chi connectivity index (χ0) is 18.0. The van der Waals surface area contributed by atoms with Crippen molar-refractivity contribution in [2.24, 2.45) is 5.92 Å². The number of hydrogen-bond acceptors (Lipinski definition) is 4. The summed E-state index contributed by atoms with van der Waals surface area (Å²) >= 11 is 1.66. The van der Waals surface area contributed by atoms with Crippen molar-refractivity contribution < 1.29 is 19.4 Å². The second-order valence-electron chi connectivity index (χ2n) is 6.43. The lowest BCUT2D eigenvalue weighted by atomic mass is 10.0. The molecule has 1 fully saturated rings. The Morgan fingerprint density at radius 3 is 2.52 bits per heavy atom. The monoisotopic (exact) mass is 359 g/mol. The first-order valence-electron chi connectivity index (χ1n) is 8.26. The van der Waals surface area contributed by atoms with Crippen LogP contribution in [0.5, 0.6) is 5.75 Å². The standard InChI is InChI=1S/C19H21NO4S/c1-11-8-14(9-12(2)18(11)24-10-16(21)22)19(23)20-17(13-5-6-13)15-4-3-7-25-15/h3-4,7-9,13,17H,5-6,10H2,1-2H3,(H,20,23)(H,21,22). The number of nitrogens with one attached hydrogen (secondary N) is 1. The number of rotatable bonds is 7. The molecular formula is C19H21NO4S. The third-order valence-electron chi connectivity index (χ3n) is 4.29. The number of hydrogen-bond donors (Lipinski definition) is 2. The van der Waals surface area contributed by atoms with Gasteiger partial charge in [-0.25, -0.2) is 4.79 Å². The van der Waals surface area contributed by atoms with Crippen LogP contribution in [0.2, 0.25) is 0 Å². The lowest BCUT2D eigenvalue weighted by molar-refractivity contribution is -0.139. The fourth-order valence-electron chi connectivity index (χ4n) is 2.99. The molecule has 1 amide bonds. The highest BCUT2D eigenvalue weighted by atomic mass is 32.1. The summed E-state index contributed by atoms with van der Waals surface area (Å²) in [5.74, 6) is -0.0935. The van der Waals surface area contributed by atoms with E-state index in [-0.39, 0.29) is 11.9 Å². The van der Waals surface area contributed by atoms with Gasteiger partial charge in [-0.15, -0.1) is 11.3 Å². The fraction of sp³-hybridized carbons (Fsp3) is 0.368. The normalized spacial score (nSPS) is 14.8. The highest BCUT2D eigenvalue weighted by Crippen LogP contribution is 2.42. The molecular weight excluding hydrogens is 338 g/mol. The number of carboxylic acids is 1. The lowest BCUT2D eigenvalue weighted by Gasteiger charge is -2.18. The van der Waals surface area contributed by atoms with E-state index in [0.29, 0.717) is 17.2 Å². The zero-order valence-electron chi connectivity index (χ0n) is 14.2. The predicted octanol–water partition coefficient (Wildman–Crippen LogP) is 3.71. The SMILES string of the molecule is Cc1cc(C(=O)NC(c2cccs2)C2CC2)cc(C)c1OCC(=O)O. The Labute approximate surface area is 150 Å². The largest absolute Gasteiger partial charge is 0.481 e. The summed E-state index contributed by atoms with van der Waals surface area (Å²) in [7, 11) is 0. The highest BCUT2D eigenvalue weighted by molar-refractivity contribution is 7.10. The maximum Gasteiger partial charge on any atom is 0.341 e.